The largest absolute Gasteiger partial charge is 0.480 e. The van der Waals surface area contributed by atoms with E-state index < -0.39 is 38.9 Å². The molecule has 23 heavy (non-hydrogen) atoms. The maximum Gasteiger partial charge on any atom is 0.399 e. The average molecular weight is 367 g/mol. The van der Waals surface area contributed by atoms with Gasteiger partial charge in [0.2, 0.25) is 0 Å². The first kappa shape index (κ1) is 19.4. The number of benzene rings is 1. The Hall–Kier alpha value is -1.69. The lowest BCUT2D eigenvalue weighted by Gasteiger charge is -2.15. The van der Waals surface area contributed by atoms with Crippen molar-refractivity contribution in [1.29, 1.82) is 0 Å². The molecule has 0 heterocycles. The van der Waals surface area contributed by atoms with Crippen LogP contribution in [-0.4, -0.2) is 53.4 Å². The van der Waals surface area contributed by atoms with Crippen LogP contribution in [0.1, 0.15) is 6.92 Å². The molecule has 1 unspecified atom stereocenters. The van der Waals surface area contributed by atoms with E-state index in [4.69, 9.17) is 5.11 Å². The van der Waals surface area contributed by atoms with Gasteiger partial charge in [0.05, 0.1) is 18.1 Å². The van der Waals surface area contributed by atoms with Crippen LogP contribution in [0.2, 0.25) is 0 Å². The Balaban J connectivity index is 2.79. The Morgan fingerprint density at radius 1 is 1.17 bits per heavy atom. The Bertz CT molecular complexity index is 740. The normalized spacial score (nSPS) is 13.5. The third-order valence-electron chi connectivity index (χ3n) is 2.56. The molecule has 9 nitrogen and oxygen atoms in total. The van der Waals surface area contributed by atoms with Gasteiger partial charge in [0.25, 0.3) is 0 Å². The number of carbonyl (C=O) groups is 1. The van der Waals surface area contributed by atoms with Gasteiger partial charge < -0.3 is 10.4 Å². The number of anilines is 1. The topological polar surface area (TPSA) is 136 Å². The predicted molar refractivity (Wildman–Crippen MR) is 81.1 cm³/mol. The molecule has 0 saturated heterocycles. The number of carboxylic acid groups (broad SMARTS) is 1. The number of sulfone groups is 1. The third-order valence-corrected chi connectivity index (χ3v) is 4.64. The first-order chi connectivity index (χ1) is 10.5. The first-order valence-corrected chi connectivity index (χ1v) is 9.61. The number of nitrogens with one attached hydrogen (secondary N) is 1. The molecule has 0 bridgehead atoms. The van der Waals surface area contributed by atoms with Gasteiger partial charge in [-0.15, -0.1) is 0 Å². The van der Waals surface area contributed by atoms with Crippen LogP contribution in [0.15, 0.2) is 29.2 Å². The zero-order chi connectivity index (χ0) is 17.7. The second-order valence-corrected chi connectivity index (χ2v) is 7.73. The molecular weight excluding hydrogens is 350 g/mol. The average Bonchev–Trinajstić information content (AvgIpc) is 2.42. The Kier molecular flexibility index (Phi) is 6.50. The highest BCUT2D eigenvalue weighted by Crippen LogP contribution is 2.15. The van der Waals surface area contributed by atoms with Crippen molar-refractivity contribution in [3.05, 3.63) is 24.3 Å². The van der Waals surface area contributed by atoms with Gasteiger partial charge in [0, 0.05) is 11.9 Å². The molecule has 0 spiro atoms. The SMILES string of the molecule is CCOS(=O)(=O)OCC(Nc1ccc(S(C)(=O)=O)cc1)C(=O)O. The van der Waals surface area contributed by atoms with Crippen LogP contribution >= 0.6 is 0 Å². The summed E-state index contributed by atoms with van der Waals surface area (Å²) < 4.78 is 53.9. The molecule has 0 aromatic heterocycles. The molecule has 0 radical (unpaired) electrons. The highest BCUT2D eigenvalue weighted by Gasteiger charge is 2.22. The van der Waals surface area contributed by atoms with Crippen LogP contribution in [0.25, 0.3) is 0 Å². The van der Waals surface area contributed by atoms with Gasteiger partial charge in [-0.1, -0.05) is 0 Å². The quantitative estimate of drug-likeness (QED) is 0.629. The second kappa shape index (κ2) is 7.73. The van der Waals surface area contributed by atoms with Gasteiger partial charge >= 0.3 is 16.4 Å². The second-order valence-electron chi connectivity index (χ2n) is 4.43. The fourth-order valence-corrected chi connectivity index (χ4v) is 2.79. The van der Waals surface area contributed by atoms with Crippen molar-refractivity contribution in [1.82, 2.24) is 0 Å². The molecule has 1 rings (SSSR count). The van der Waals surface area contributed by atoms with Gasteiger partial charge in [-0.2, -0.15) is 8.42 Å². The summed E-state index contributed by atoms with van der Waals surface area (Å²) in [7, 11) is -7.63. The maximum atomic E-state index is 11.3. The van der Waals surface area contributed by atoms with E-state index in [1.165, 1.54) is 31.2 Å². The standard InChI is InChI=1S/C12H17NO8S2/c1-3-20-23(18,19)21-8-11(12(14)15)13-9-4-6-10(7-5-9)22(2,16)17/h4-7,11,13H,3,8H2,1-2H3,(H,14,15). The van der Waals surface area contributed by atoms with Crippen molar-refractivity contribution in [3.8, 4) is 0 Å². The molecule has 0 amide bonds. The zero-order valence-electron chi connectivity index (χ0n) is 12.4. The fraction of sp³-hybridized carbons (Fsp3) is 0.417. The molecule has 11 heteroatoms. The Morgan fingerprint density at radius 3 is 2.17 bits per heavy atom. The Labute approximate surface area is 134 Å². The first-order valence-electron chi connectivity index (χ1n) is 6.38. The van der Waals surface area contributed by atoms with Crippen LogP contribution in [-0.2, 0) is 33.4 Å². The lowest BCUT2D eigenvalue weighted by molar-refractivity contribution is -0.138. The minimum Gasteiger partial charge on any atom is -0.480 e. The number of aliphatic carboxylic acids is 1. The minimum atomic E-state index is -4.26. The summed E-state index contributed by atoms with van der Waals surface area (Å²) in [6.45, 7) is 0.614. The van der Waals surface area contributed by atoms with Crippen LogP contribution in [0.4, 0.5) is 5.69 Å². The number of carboxylic acids is 1. The van der Waals surface area contributed by atoms with E-state index in [1.807, 2.05) is 0 Å². The lowest BCUT2D eigenvalue weighted by atomic mass is 10.2. The number of hydrogen-bond donors (Lipinski definition) is 2. The monoisotopic (exact) mass is 367 g/mol. The highest BCUT2D eigenvalue weighted by atomic mass is 32.3. The Morgan fingerprint density at radius 2 is 1.74 bits per heavy atom. The summed E-state index contributed by atoms with van der Waals surface area (Å²) in [5, 5.41) is 11.6. The molecule has 0 aliphatic carbocycles. The number of hydrogen-bond acceptors (Lipinski definition) is 8. The van der Waals surface area contributed by atoms with Gasteiger partial charge in [0.15, 0.2) is 9.84 Å². The van der Waals surface area contributed by atoms with E-state index in [9.17, 15) is 21.6 Å². The summed E-state index contributed by atoms with van der Waals surface area (Å²) in [6.07, 6.45) is 1.04. The fourth-order valence-electron chi connectivity index (χ4n) is 1.50. The minimum absolute atomic E-state index is 0.0742. The van der Waals surface area contributed by atoms with E-state index >= 15 is 0 Å². The predicted octanol–water partition coefficient (Wildman–Crippen LogP) is 0.253. The molecule has 0 fully saturated rings. The molecule has 1 aromatic carbocycles. The molecule has 0 aliphatic rings. The summed E-state index contributed by atoms with van der Waals surface area (Å²) in [4.78, 5) is 11.2. The van der Waals surface area contributed by atoms with Crippen molar-refractivity contribution in [2.45, 2.75) is 17.9 Å². The van der Waals surface area contributed by atoms with Gasteiger partial charge in [0.1, 0.15) is 6.04 Å². The molecule has 2 N–H and O–H groups in total. The van der Waals surface area contributed by atoms with E-state index in [0.717, 1.165) is 6.26 Å². The number of rotatable bonds is 9. The maximum absolute atomic E-state index is 11.3. The van der Waals surface area contributed by atoms with Crippen molar-refractivity contribution < 1.29 is 35.1 Å². The van der Waals surface area contributed by atoms with Crippen LogP contribution < -0.4 is 5.32 Å². The van der Waals surface area contributed by atoms with E-state index in [-0.39, 0.29) is 11.5 Å². The lowest BCUT2D eigenvalue weighted by Crippen LogP contribution is -2.35. The van der Waals surface area contributed by atoms with Crippen molar-refractivity contribution >= 4 is 31.9 Å². The van der Waals surface area contributed by atoms with Gasteiger partial charge in [-0.05, 0) is 31.2 Å². The van der Waals surface area contributed by atoms with Crippen molar-refractivity contribution in [2.24, 2.45) is 0 Å². The van der Waals surface area contributed by atoms with Crippen molar-refractivity contribution in [3.63, 3.8) is 0 Å². The highest BCUT2D eigenvalue weighted by molar-refractivity contribution is 7.90. The molecular formula is C12H17NO8S2. The molecule has 1 aromatic rings. The van der Waals surface area contributed by atoms with Gasteiger partial charge in [-0.3, -0.25) is 0 Å². The van der Waals surface area contributed by atoms with Crippen LogP contribution in [0.5, 0.6) is 0 Å². The summed E-state index contributed by atoms with van der Waals surface area (Å²) >= 11 is 0. The molecule has 130 valence electrons. The van der Waals surface area contributed by atoms with Crippen molar-refractivity contribution in [2.75, 3.05) is 24.8 Å². The summed E-state index contributed by atoms with van der Waals surface area (Å²) in [5.74, 6) is -1.34. The molecule has 0 saturated carbocycles. The zero-order valence-corrected chi connectivity index (χ0v) is 14.1. The summed E-state index contributed by atoms with van der Waals surface area (Å²) in [6, 6.07) is 3.96. The van der Waals surface area contributed by atoms with Gasteiger partial charge in [-0.25, -0.2) is 21.6 Å². The molecule has 0 aliphatic heterocycles. The van der Waals surface area contributed by atoms with E-state index in [1.54, 1.807) is 0 Å². The molecule has 1 atom stereocenters. The van der Waals surface area contributed by atoms with Crippen LogP contribution in [0, 0.1) is 0 Å². The smallest absolute Gasteiger partial charge is 0.399 e. The van der Waals surface area contributed by atoms with E-state index in [0.29, 0.717) is 5.69 Å². The van der Waals surface area contributed by atoms with Crippen LogP contribution in [0.3, 0.4) is 0 Å². The summed E-state index contributed by atoms with van der Waals surface area (Å²) in [5.41, 5.74) is 0.294. The van der Waals surface area contributed by atoms with E-state index in [2.05, 4.69) is 13.7 Å². The third kappa shape index (κ3) is 6.52.